The molecule has 0 radical (unpaired) electrons. The normalized spacial score (nSPS) is 27.2. The second kappa shape index (κ2) is 5.49. The molecular weight excluding hydrogens is 241 g/mol. The number of fused-ring (bicyclic) bond motifs is 1. The zero-order chi connectivity index (χ0) is 13.2. The van der Waals surface area contributed by atoms with Crippen LogP contribution in [0.4, 0.5) is 10.1 Å². The molecule has 19 heavy (non-hydrogen) atoms. The van der Waals surface area contributed by atoms with Crippen molar-refractivity contribution in [2.45, 2.75) is 38.7 Å². The second-order valence-electron chi connectivity index (χ2n) is 5.94. The summed E-state index contributed by atoms with van der Waals surface area (Å²) in [4.78, 5) is 2.16. The molecule has 2 nitrogen and oxygen atoms in total. The smallest absolute Gasteiger partial charge is 0.146 e. The van der Waals surface area contributed by atoms with Gasteiger partial charge in [-0.15, -0.1) is 0 Å². The third-order valence-corrected chi connectivity index (χ3v) is 4.85. The average molecular weight is 263 g/mol. The molecule has 1 saturated carbocycles. The number of halogens is 1. The molecule has 2 aliphatic rings. The van der Waals surface area contributed by atoms with Crippen LogP contribution < -0.4 is 4.90 Å². The van der Waals surface area contributed by atoms with E-state index in [0.717, 1.165) is 19.0 Å². The number of hydrogen-bond acceptors (Lipinski definition) is 2. The lowest BCUT2D eigenvalue weighted by molar-refractivity contribution is 0.201. The van der Waals surface area contributed by atoms with Crippen molar-refractivity contribution in [2.75, 3.05) is 18.0 Å². The molecule has 0 bridgehead atoms. The maximum Gasteiger partial charge on any atom is 0.146 e. The molecule has 2 unspecified atom stereocenters. The number of benzene rings is 1. The van der Waals surface area contributed by atoms with Crippen molar-refractivity contribution >= 4 is 5.69 Å². The van der Waals surface area contributed by atoms with Gasteiger partial charge in [-0.25, -0.2) is 4.39 Å². The van der Waals surface area contributed by atoms with Crippen molar-refractivity contribution in [3.63, 3.8) is 0 Å². The van der Waals surface area contributed by atoms with E-state index in [-0.39, 0.29) is 12.4 Å². The molecule has 1 aliphatic carbocycles. The Kier molecular flexibility index (Phi) is 3.74. The van der Waals surface area contributed by atoms with Crippen molar-refractivity contribution in [3.8, 4) is 0 Å². The zero-order valence-corrected chi connectivity index (χ0v) is 11.3. The van der Waals surface area contributed by atoms with E-state index in [4.69, 9.17) is 0 Å². The number of anilines is 1. The Labute approximate surface area is 114 Å². The molecule has 1 aromatic rings. The summed E-state index contributed by atoms with van der Waals surface area (Å²) in [6.45, 7) is 1.80. The van der Waals surface area contributed by atoms with Crippen molar-refractivity contribution in [1.82, 2.24) is 0 Å². The lowest BCUT2D eigenvalue weighted by Crippen LogP contribution is -2.42. The van der Waals surface area contributed by atoms with Crippen LogP contribution in [0.5, 0.6) is 0 Å². The van der Waals surface area contributed by atoms with Gasteiger partial charge in [0, 0.05) is 18.7 Å². The van der Waals surface area contributed by atoms with Gasteiger partial charge in [0.05, 0.1) is 12.3 Å². The van der Waals surface area contributed by atoms with Crippen LogP contribution in [0.15, 0.2) is 18.2 Å². The average Bonchev–Trinajstić information content (AvgIpc) is 2.46. The summed E-state index contributed by atoms with van der Waals surface area (Å²) in [6, 6.07) is 5.00. The Morgan fingerprint density at radius 3 is 2.74 bits per heavy atom. The van der Waals surface area contributed by atoms with Crippen LogP contribution in [0.1, 0.15) is 37.7 Å². The van der Waals surface area contributed by atoms with Gasteiger partial charge in [-0.3, -0.25) is 0 Å². The van der Waals surface area contributed by atoms with E-state index in [0.29, 0.717) is 17.2 Å². The molecule has 1 aliphatic heterocycles. The first kappa shape index (κ1) is 12.9. The predicted molar refractivity (Wildman–Crippen MR) is 74.6 cm³/mol. The second-order valence-corrected chi connectivity index (χ2v) is 5.94. The van der Waals surface area contributed by atoms with E-state index in [1.807, 2.05) is 6.07 Å². The van der Waals surface area contributed by atoms with Crippen LogP contribution >= 0.6 is 0 Å². The molecule has 0 amide bonds. The molecule has 1 N–H and O–H groups in total. The van der Waals surface area contributed by atoms with Crippen molar-refractivity contribution in [2.24, 2.45) is 11.8 Å². The molecule has 1 heterocycles. The lowest BCUT2D eigenvalue weighted by Gasteiger charge is -2.42. The zero-order valence-electron chi connectivity index (χ0n) is 11.3. The summed E-state index contributed by atoms with van der Waals surface area (Å²) in [5.74, 6) is 1.36. The van der Waals surface area contributed by atoms with Crippen molar-refractivity contribution in [1.29, 1.82) is 0 Å². The van der Waals surface area contributed by atoms with Crippen LogP contribution in [0.3, 0.4) is 0 Å². The Balaban J connectivity index is 1.83. The highest BCUT2D eigenvalue weighted by Gasteiger charge is 2.32. The number of para-hydroxylation sites is 1. The summed E-state index contributed by atoms with van der Waals surface area (Å²) >= 11 is 0. The summed E-state index contributed by atoms with van der Waals surface area (Å²) in [5.41, 5.74) is 1.35. The molecule has 1 saturated heterocycles. The van der Waals surface area contributed by atoms with Crippen molar-refractivity contribution < 1.29 is 9.50 Å². The first-order valence-corrected chi connectivity index (χ1v) is 7.43. The molecule has 1 aromatic carbocycles. The van der Waals surface area contributed by atoms with Gasteiger partial charge >= 0.3 is 0 Å². The quantitative estimate of drug-likeness (QED) is 0.884. The van der Waals surface area contributed by atoms with E-state index >= 15 is 0 Å². The van der Waals surface area contributed by atoms with Gasteiger partial charge in [-0.2, -0.15) is 0 Å². The first-order valence-electron chi connectivity index (χ1n) is 7.43. The number of nitrogens with zero attached hydrogens (tertiary/aromatic N) is 1. The maximum absolute atomic E-state index is 14.1. The largest absolute Gasteiger partial charge is 0.392 e. The highest BCUT2D eigenvalue weighted by Crippen LogP contribution is 2.38. The Morgan fingerprint density at radius 2 is 1.95 bits per heavy atom. The molecule has 2 fully saturated rings. The summed E-state index contributed by atoms with van der Waals surface area (Å²) in [7, 11) is 0. The fourth-order valence-electron chi connectivity index (χ4n) is 3.85. The predicted octanol–water partition coefficient (Wildman–Crippen LogP) is 3.33. The number of aliphatic hydroxyl groups excluding tert-OH is 1. The van der Waals surface area contributed by atoms with E-state index in [1.165, 1.54) is 38.2 Å². The van der Waals surface area contributed by atoms with Crippen LogP contribution in [-0.4, -0.2) is 18.2 Å². The third-order valence-electron chi connectivity index (χ3n) is 4.85. The Morgan fingerprint density at radius 1 is 1.16 bits per heavy atom. The highest BCUT2D eigenvalue weighted by atomic mass is 19.1. The molecular formula is C16H22FNO. The number of hydrogen-bond donors (Lipinski definition) is 1. The first-order chi connectivity index (χ1) is 9.29. The summed E-state index contributed by atoms with van der Waals surface area (Å²) in [5, 5.41) is 9.41. The van der Waals surface area contributed by atoms with Gasteiger partial charge in [-0.05, 0) is 30.7 Å². The summed E-state index contributed by atoms with van der Waals surface area (Å²) in [6.07, 6.45) is 6.48. The van der Waals surface area contributed by atoms with Gasteiger partial charge in [-0.1, -0.05) is 31.4 Å². The fourth-order valence-corrected chi connectivity index (χ4v) is 3.85. The third kappa shape index (κ3) is 2.48. The van der Waals surface area contributed by atoms with Gasteiger partial charge in [0.1, 0.15) is 5.82 Å². The Hall–Kier alpha value is -1.09. The Bertz CT molecular complexity index is 448. The monoisotopic (exact) mass is 263 g/mol. The number of piperidine rings is 1. The van der Waals surface area contributed by atoms with E-state index in [1.54, 1.807) is 6.07 Å². The number of aliphatic hydroxyl groups is 1. The molecule has 104 valence electrons. The molecule has 3 heteroatoms. The van der Waals surface area contributed by atoms with Gasteiger partial charge < -0.3 is 10.0 Å². The maximum atomic E-state index is 14.1. The fraction of sp³-hybridized carbons (Fsp3) is 0.625. The minimum Gasteiger partial charge on any atom is -0.392 e. The van der Waals surface area contributed by atoms with E-state index in [2.05, 4.69) is 4.90 Å². The van der Waals surface area contributed by atoms with E-state index in [9.17, 15) is 9.50 Å². The van der Waals surface area contributed by atoms with Crippen LogP contribution in [0, 0.1) is 17.7 Å². The molecule has 2 atom stereocenters. The minimum absolute atomic E-state index is 0.0856. The minimum atomic E-state index is -0.194. The summed E-state index contributed by atoms with van der Waals surface area (Å²) < 4.78 is 14.1. The lowest BCUT2D eigenvalue weighted by atomic mass is 9.75. The topological polar surface area (TPSA) is 23.5 Å². The number of rotatable bonds is 2. The SMILES string of the molecule is OCc1cccc(F)c1N1CCC2CCCCC2C1. The molecule has 0 aromatic heterocycles. The molecule has 0 spiro atoms. The van der Waals surface area contributed by atoms with E-state index < -0.39 is 0 Å². The van der Waals surface area contributed by atoms with Gasteiger partial charge in [0.15, 0.2) is 0 Å². The van der Waals surface area contributed by atoms with Gasteiger partial charge in [0.2, 0.25) is 0 Å². The van der Waals surface area contributed by atoms with Crippen LogP contribution in [0.25, 0.3) is 0 Å². The van der Waals surface area contributed by atoms with Crippen LogP contribution in [0.2, 0.25) is 0 Å². The molecule has 3 rings (SSSR count). The van der Waals surface area contributed by atoms with Gasteiger partial charge in [0.25, 0.3) is 0 Å². The van der Waals surface area contributed by atoms with Crippen molar-refractivity contribution in [3.05, 3.63) is 29.6 Å². The standard InChI is InChI=1S/C16H22FNO/c17-15-7-3-6-14(11-19)16(15)18-9-8-12-4-1-2-5-13(12)10-18/h3,6-7,12-13,19H,1-2,4-5,8-11H2. The van der Waals surface area contributed by atoms with Crippen LogP contribution in [-0.2, 0) is 6.61 Å². The highest BCUT2D eigenvalue weighted by molar-refractivity contribution is 5.55.